The number of benzene rings is 2. The van der Waals surface area contributed by atoms with Crippen LogP contribution in [-0.2, 0) is 5.41 Å². The van der Waals surface area contributed by atoms with Gasteiger partial charge < -0.3 is 20.2 Å². The summed E-state index contributed by atoms with van der Waals surface area (Å²) in [5.41, 5.74) is -4.54. The molecule has 0 amide bonds. The largest absolute Gasteiger partial charge is 0.382 e. The number of hydrogen-bond donors (Lipinski definition) is 4. The summed E-state index contributed by atoms with van der Waals surface area (Å²) in [4.78, 5) is 5.20. The van der Waals surface area contributed by atoms with Crippen LogP contribution >= 0.6 is 0 Å². The maximum absolute atomic E-state index is 14.1. The van der Waals surface area contributed by atoms with E-state index in [0.717, 1.165) is 12.1 Å². The molecule has 0 saturated heterocycles. The Bertz CT molecular complexity index is 1420. The van der Waals surface area contributed by atoms with E-state index < -0.39 is 86.9 Å². The number of nitrogens with one attached hydrogen (secondary N) is 2. The maximum atomic E-state index is 14.1. The fraction of sp³-hybridized carbons (Fsp3) is 0.200. The quantitative estimate of drug-likeness (QED) is 0.127. The van der Waals surface area contributed by atoms with Crippen molar-refractivity contribution in [1.82, 2.24) is 9.97 Å². The van der Waals surface area contributed by atoms with Crippen LogP contribution in [0.1, 0.15) is 60.0 Å². The average Bonchev–Trinajstić information content (AvgIpc) is 3.60. The van der Waals surface area contributed by atoms with Crippen LogP contribution in [0.25, 0.3) is 0 Å². The van der Waals surface area contributed by atoms with Crippen molar-refractivity contribution in [3.8, 4) is 0 Å². The number of H-pyrrole nitrogens is 2. The minimum atomic E-state index is -2.40. The van der Waals surface area contributed by atoms with E-state index in [0.29, 0.717) is 0 Å². The standard InChI is InChI=1S/C25H16F10N2O2/c1-25(2,9-5-3-7(36-9)23(38)11-13(26)17(30)21(34)18(31)14(11)27)10-6-4-8(37-10)24(39)12-15(28)19(32)22(35)20(33)16(12)29/h3-6,23-24,36-39H,1-2H3. The summed E-state index contributed by atoms with van der Waals surface area (Å²) in [6.07, 6.45) is -4.62. The first-order valence-corrected chi connectivity index (χ1v) is 10.9. The molecule has 0 aliphatic carbocycles. The highest BCUT2D eigenvalue weighted by Crippen LogP contribution is 2.37. The molecule has 0 saturated carbocycles. The van der Waals surface area contributed by atoms with Gasteiger partial charge in [-0.1, -0.05) is 0 Å². The van der Waals surface area contributed by atoms with E-state index in [9.17, 15) is 54.1 Å². The number of aromatic nitrogens is 2. The van der Waals surface area contributed by atoms with Gasteiger partial charge in [-0.25, -0.2) is 43.9 Å². The van der Waals surface area contributed by atoms with E-state index in [1.165, 1.54) is 26.0 Å². The Morgan fingerprint density at radius 3 is 1.03 bits per heavy atom. The molecule has 0 fully saturated rings. The van der Waals surface area contributed by atoms with Crippen molar-refractivity contribution in [1.29, 1.82) is 0 Å². The third kappa shape index (κ3) is 4.36. The topological polar surface area (TPSA) is 72.0 Å². The normalized spacial score (nSPS) is 13.7. The zero-order valence-electron chi connectivity index (χ0n) is 19.6. The summed E-state index contributed by atoms with van der Waals surface area (Å²) in [6.45, 7) is 3.04. The number of halogens is 10. The second-order valence-corrected chi connectivity index (χ2v) is 9.05. The predicted octanol–water partition coefficient (Wildman–Crippen LogP) is 6.22. The molecule has 4 N–H and O–H groups in total. The van der Waals surface area contributed by atoms with Gasteiger partial charge in [-0.3, -0.25) is 0 Å². The lowest BCUT2D eigenvalue weighted by atomic mass is 9.86. The molecule has 4 rings (SSSR count). The Labute approximate surface area is 212 Å². The van der Waals surface area contributed by atoms with E-state index in [2.05, 4.69) is 9.97 Å². The summed E-state index contributed by atoms with van der Waals surface area (Å²) in [5, 5.41) is 20.8. The molecule has 2 atom stereocenters. The van der Waals surface area contributed by atoms with Crippen LogP contribution in [0, 0.1) is 58.2 Å². The summed E-state index contributed by atoms with van der Waals surface area (Å²) in [7, 11) is 0. The van der Waals surface area contributed by atoms with Crippen LogP contribution in [0.5, 0.6) is 0 Å². The van der Waals surface area contributed by atoms with Crippen LogP contribution in [0.4, 0.5) is 43.9 Å². The van der Waals surface area contributed by atoms with Gasteiger partial charge in [0.25, 0.3) is 0 Å². The zero-order chi connectivity index (χ0) is 29.1. The molecule has 4 nitrogen and oxygen atoms in total. The van der Waals surface area contributed by atoms with Crippen LogP contribution in [0.2, 0.25) is 0 Å². The van der Waals surface area contributed by atoms with Gasteiger partial charge in [0.15, 0.2) is 46.5 Å². The van der Waals surface area contributed by atoms with E-state index >= 15 is 0 Å². The first-order valence-electron chi connectivity index (χ1n) is 10.9. The van der Waals surface area contributed by atoms with E-state index in [-0.39, 0.29) is 22.8 Å². The van der Waals surface area contributed by atoms with Gasteiger partial charge in [-0.05, 0) is 38.1 Å². The lowest BCUT2D eigenvalue weighted by Crippen LogP contribution is -2.21. The molecule has 0 spiro atoms. The van der Waals surface area contributed by atoms with Crippen LogP contribution in [0.3, 0.4) is 0 Å². The van der Waals surface area contributed by atoms with Gasteiger partial charge in [0, 0.05) is 28.2 Å². The number of aliphatic hydroxyl groups excluding tert-OH is 2. The van der Waals surface area contributed by atoms with Gasteiger partial charge in [-0.2, -0.15) is 0 Å². The Hall–Kier alpha value is -3.78. The third-order valence-corrected chi connectivity index (χ3v) is 6.39. The number of aliphatic hydroxyl groups is 2. The molecule has 39 heavy (non-hydrogen) atoms. The summed E-state index contributed by atoms with van der Waals surface area (Å²) >= 11 is 0. The lowest BCUT2D eigenvalue weighted by molar-refractivity contribution is 0.198. The summed E-state index contributed by atoms with van der Waals surface area (Å²) < 4.78 is 138. The van der Waals surface area contributed by atoms with Gasteiger partial charge in [0.1, 0.15) is 12.2 Å². The van der Waals surface area contributed by atoms with E-state index in [4.69, 9.17) is 0 Å². The lowest BCUT2D eigenvalue weighted by Gasteiger charge is -2.23. The molecule has 2 unspecified atom stereocenters. The van der Waals surface area contributed by atoms with Crippen LogP contribution < -0.4 is 0 Å². The molecule has 0 aliphatic rings. The van der Waals surface area contributed by atoms with Gasteiger partial charge in [-0.15, -0.1) is 0 Å². The van der Waals surface area contributed by atoms with Crippen molar-refractivity contribution in [2.75, 3.05) is 0 Å². The Kier molecular flexibility index (Phi) is 7.06. The predicted molar refractivity (Wildman–Crippen MR) is 114 cm³/mol. The van der Waals surface area contributed by atoms with E-state index in [1.807, 2.05) is 0 Å². The van der Waals surface area contributed by atoms with Crippen molar-refractivity contribution in [3.05, 3.63) is 116 Å². The molecule has 0 aliphatic heterocycles. The van der Waals surface area contributed by atoms with Crippen molar-refractivity contribution in [3.63, 3.8) is 0 Å². The highest BCUT2D eigenvalue weighted by molar-refractivity contribution is 5.38. The number of aromatic amines is 2. The second kappa shape index (κ2) is 9.75. The highest BCUT2D eigenvalue weighted by Gasteiger charge is 2.34. The van der Waals surface area contributed by atoms with Crippen LogP contribution in [-0.4, -0.2) is 20.2 Å². The third-order valence-electron chi connectivity index (χ3n) is 6.39. The number of rotatable bonds is 6. The molecule has 2 aromatic carbocycles. The minimum absolute atomic E-state index is 0.180. The fourth-order valence-electron chi connectivity index (χ4n) is 4.05. The molecule has 4 aromatic rings. The molecule has 208 valence electrons. The van der Waals surface area contributed by atoms with Gasteiger partial charge in [0.2, 0.25) is 11.6 Å². The van der Waals surface area contributed by atoms with Gasteiger partial charge >= 0.3 is 0 Å². The number of hydrogen-bond acceptors (Lipinski definition) is 2. The Morgan fingerprint density at radius 1 is 0.487 bits per heavy atom. The molecular formula is C25H16F10N2O2. The summed E-state index contributed by atoms with van der Waals surface area (Å²) in [6, 6.07) is 4.80. The molecule has 14 heteroatoms. The van der Waals surface area contributed by atoms with Crippen molar-refractivity contribution in [2.24, 2.45) is 0 Å². The SMILES string of the molecule is CC(C)(c1ccc(C(O)c2c(F)c(F)c(F)c(F)c2F)[nH]1)c1ccc(C(O)c2c(F)c(F)c(F)c(F)c2F)[nH]1. The first kappa shape index (κ1) is 28.2. The maximum Gasteiger partial charge on any atom is 0.200 e. The fourth-order valence-corrected chi connectivity index (χ4v) is 4.05. The summed E-state index contributed by atoms with van der Waals surface area (Å²) in [5.74, 6) is -22.7. The molecule has 2 aromatic heterocycles. The molecule has 0 radical (unpaired) electrons. The first-order chi connectivity index (χ1) is 18.1. The molecular weight excluding hydrogens is 550 g/mol. The van der Waals surface area contributed by atoms with Crippen LogP contribution in [0.15, 0.2) is 24.3 Å². The van der Waals surface area contributed by atoms with Crippen molar-refractivity contribution in [2.45, 2.75) is 31.5 Å². The van der Waals surface area contributed by atoms with E-state index in [1.54, 1.807) is 0 Å². The molecule has 0 bridgehead atoms. The highest BCUT2D eigenvalue weighted by atomic mass is 19.2. The van der Waals surface area contributed by atoms with Crippen molar-refractivity contribution >= 4 is 0 Å². The smallest absolute Gasteiger partial charge is 0.200 e. The Balaban J connectivity index is 1.68. The average molecular weight is 566 g/mol. The van der Waals surface area contributed by atoms with Gasteiger partial charge in [0.05, 0.1) is 11.1 Å². The monoisotopic (exact) mass is 566 g/mol. The zero-order valence-corrected chi connectivity index (χ0v) is 19.6. The Morgan fingerprint density at radius 2 is 0.744 bits per heavy atom. The second-order valence-electron chi connectivity index (χ2n) is 9.05. The van der Waals surface area contributed by atoms with Crippen molar-refractivity contribution < 1.29 is 54.1 Å². The minimum Gasteiger partial charge on any atom is -0.382 e. The molecule has 2 heterocycles.